The second kappa shape index (κ2) is 10.9. The number of nitro benzene ring substituents is 1. The maximum Gasteiger partial charge on any atom is 0.270 e. The van der Waals surface area contributed by atoms with Crippen molar-refractivity contribution in [2.45, 2.75) is 30.8 Å². The molecule has 9 heteroatoms. The summed E-state index contributed by atoms with van der Waals surface area (Å²) >= 11 is 0. The number of non-ortho nitro benzene ring substituents is 1. The number of fused-ring (bicyclic) bond motifs is 6. The van der Waals surface area contributed by atoms with Crippen LogP contribution in [0.25, 0.3) is 6.08 Å². The second-order valence-corrected chi connectivity index (χ2v) is 11.5. The minimum Gasteiger partial charge on any atom is -0.494 e. The Hall–Kier alpha value is -5.57. The molecule has 1 amide bonds. The molecule has 4 aromatic carbocycles. The number of hydrogen-bond acceptors (Lipinski definition) is 7. The Kier molecular flexibility index (Phi) is 6.81. The number of hydrogen-bond donors (Lipinski definition) is 1. The average Bonchev–Trinajstić information content (AvgIpc) is 3.55. The highest BCUT2D eigenvalue weighted by Gasteiger charge is 2.70. The molecule has 4 atom stereocenters. The monoisotopic (exact) mass is 599 g/mol. The van der Waals surface area contributed by atoms with Gasteiger partial charge in [0.1, 0.15) is 17.2 Å². The van der Waals surface area contributed by atoms with Gasteiger partial charge in [-0.25, -0.2) is 0 Å². The number of nitrogens with zero attached hydrogens (tertiary/aromatic N) is 2. The lowest BCUT2D eigenvalue weighted by atomic mass is 9.62. The van der Waals surface area contributed by atoms with Crippen molar-refractivity contribution in [3.05, 3.63) is 141 Å². The van der Waals surface area contributed by atoms with E-state index in [-0.39, 0.29) is 22.9 Å². The zero-order chi connectivity index (χ0) is 31.3. The third-order valence-electron chi connectivity index (χ3n) is 9.07. The number of carbonyl (C=O) groups is 3. The lowest BCUT2D eigenvalue weighted by Crippen LogP contribution is -2.49. The van der Waals surface area contributed by atoms with Crippen molar-refractivity contribution in [3.63, 3.8) is 0 Å². The van der Waals surface area contributed by atoms with Crippen molar-refractivity contribution in [1.29, 1.82) is 0 Å². The van der Waals surface area contributed by atoms with Crippen LogP contribution < -0.4 is 10.1 Å². The first-order valence-corrected chi connectivity index (χ1v) is 14.9. The van der Waals surface area contributed by atoms with Gasteiger partial charge in [0.05, 0.1) is 23.5 Å². The molecule has 4 unspecified atom stereocenters. The van der Waals surface area contributed by atoms with Crippen LogP contribution in [0.5, 0.6) is 5.75 Å². The molecule has 3 aliphatic rings. The predicted molar refractivity (Wildman–Crippen MR) is 168 cm³/mol. The lowest BCUT2D eigenvalue weighted by molar-refractivity contribution is -0.384. The molecule has 45 heavy (non-hydrogen) atoms. The smallest absolute Gasteiger partial charge is 0.270 e. The lowest BCUT2D eigenvalue weighted by Gasteiger charge is -2.38. The molecule has 1 spiro atoms. The number of amides is 1. The Morgan fingerprint density at radius 3 is 2.47 bits per heavy atom. The SMILES string of the molecule is CCCOc1ccc(C(=O)C2C(C(=O)c3cccc([N+](=O)[O-])c3)N3C=Cc4ccccc4C3C23C(=O)Nc2ccccc23)cc1. The first-order chi connectivity index (χ1) is 21.9. The molecule has 1 fully saturated rings. The number of ketones is 2. The Bertz CT molecular complexity index is 1900. The molecular formula is C36H29N3O6. The quantitative estimate of drug-likeness (QED) is 0.142. The maximum absolute atomic E-state index is 14.9. The van der Waals surface area contributed by atoms with Crippen LogP contribution in [0, 0.1) is 16.0 Å². The van der Waals surface area contributed by atoms with E-state index in [1.165, 1.54) is 24.3 Å². The summed E-state index contributed by atoms with van der Waals surface area (Å²) in [4.78, 5) is 57.1. The summed E-state index contributed by atoms with van der Waals surface area (Å²) in [7, 11) is 0. The minimum absolute atomic E-state index is 0.0880. The third-order valence-corrected chi connectivity index (χ3v) is 9.07. The van der Waals surface area contributed by atoms with Crippen molar-refractivity contribution in [1.82, 2.24) is 4.90 Å². The van der Waals surface area contributed by atoms with Gasteiger partial charge in [-0.2, -0.15) is 0 Å². The van der Waals surface area contributed by atoms with E-state index in [4.69, 9.17) is 4.74 Å². The molecule has 0 radical (unpaired) electrons. The van der Waals surface area contributed by atoms with Gasteiger partial charge >= 0.3 is 0 Å². The van der Waals surface area contributed by atoms with Crippen molar-refractivity contribution >= 4 is 34.9 Å². The normalized spacial score (nSPS) is 22.4. The van der Waals surface area contributed by atoms with Crippen molar-refractivity contribution in [2.75, 3.05) is 11.9 Å². The largest absolute Gasteiger partial charge is 0.494 e. The van der Waals surface area contributed by atoms with Crippen LogP contribution in [0.15, 0.2) is 103 Å². The Balaban J connectivity index is 1.47. The van der Waals surface area contributed by atoms with Crippen molar-refractivity contribution in [2.24, 2.45) is 5.92 Å². The van der Waals surface area contributed by atoms with E-state index in [9.17, 15) is 24.5 Å². The van der Waals surface area contributed by atoms with Gasteiger partial charge in [0, 0.05) is 35.1 Å². The number of anilines is 1. The number of para-hydroxylation sites is 1. The van der Waals surface area contributed by atoms with E-state index in [2.05, 4.69) is 5.32 Å². The minimum atomic E-state index is -1.49. The first kappa shape index (κ1) is 28.2. The van der Waals surface area contributed by atoms with Crippen molar-refractivity contribution in [3.8, 4) is 5.75 Å². The van der Waals surface area contributed by atoms with Gasteiger partial charge in [-0.05, 0) is 59.5 Å². The topological polar surface area (TPSA) is 119 Å². The average molecular weight is 600 g/mol. The molecule has 1 saturated heterocycles. The van der Waals surface area contributed by atoms with E-state index >= 15 is 0 Å². The van der Waals surface area contributed by atoms with Crippen LogP contribution in [0.2, 0.25) is 0 Å². The van der Waals surface area contributed by atoms with Crippen LogP contribution >= 0.6 is 0 Å². The molecule has 224 valence electrons. The number of nitro groups is 1. The van der Waals surface area contributed by atoms with Gasteiger partial charge in [-0.1, -0.05) is 61.5 Å². The summed E-state index contributed by atoms with van der Waals surface area (Å²) in [6.07, 6.45) is 4.48. The summed E-state index contributed by atoms with van der Waals surface area (Å²) in [6.45, 7) is 2.53. The summed E-state index contributed by atoms with van der Waals surface area (Å²) in [5.74, 6) is -1.82. The molecule has 7 rings (SSSR count). The van der Waals surface area contributed by atoms with Gasteiger partial charge in [-0.15, -0.1) is 0 Å². The van der Waals surface area contributed by atoms with Gasteiger partial charge < -0.3 is 15.0 Å². The van der Waals surface area contributed by atoms with Gasteiger partial charge in [-0.3, -0.25) is 24.5 Å². The molecule has 9 nitrogen and oxygen atoms in total. The maximum atomic E-state index is 14.9. The Labute approximate surface area is 259 Å². The highest BCUT2D eigenvalue weighted by atomic mass is 16.6. The number of rotatable bonds is 8. The summed E-state index contributed by atoms with van der Waals surface area (Å²) in [5, 5.41) is 14.7. The Morgan fingerprint density at radius 1 is 0.933 bits per heavy atom. The fourth-order valence-electron chi connectivity index (χ4n) is 7.23. The molecule has 3 heterocycles. The highest BCUT2D eigenvalue weighted by Crippen LogP contribution is 2.62. The first-order valence-electron chi connectivity index (χ1n) is 14.9. The fraction of sp³-hybridized carbons (Fsp3) is 0.194. The van der Waals surface area contributed by atoms with E-state index in [1.54, 1.807) is 36.5 Å². The second-order valence-electron chi connectivity index (χ2n) is 11.5. The number of ether oxygens (including phenoxy) is 1. The fourth-order valence-corrected chi connectivity index (χ4v) is 7.23. The van der Waals surface area contributed by atoms with Crippen LogP contribution in [-0.2, 0) is 10.2 Å². The Morgan fingerprint density at radius 2 is 1.69 bits per heavy atom. The summed E-state index contributed by atoms with van der Waals surface area (Å²) < 4.78 is 5.73. The number of carbonyl (C=O) groups excluding carboxylic acids is 3. The molecule has 0 bridgehead atoms. The predicted octanol–water partition coefficient (Wildman–Crippen LogP) is 6.37. The molecule has 1 N–H and O–H groups in total. The molecule has 3 aliphatic heterocycles. The summed E-state index contributed by atoms with van der Waals surface area (Å²) in [6, 6.07) is 25.3. The molecule has 0 aliphatic carbocycles. The number of benzene rings is 4. The van der Waals surface area contributed by atoms with Crippen LogP contribution in [-0.4, -0.2) is 39.9 Å². The van der Waals surface area contributed by atoms with Gasteiger partial charge in [0.25, 0.3) is 5.69 Å². The number of nitrogens with one attached hydrogen (secondary N) is 1. The standard InChI is InChI=1S/C36H29N3O6/c1-2-20-45-26-16-14-23(15-17-26)32(40)30-31(33(41)24-9-7-10-25(21-24)39(43)44)38-19-18-22-8-3-4-11-27(22)34(38)36(30)28-12-5-6-13-29(28)37-35(36)42/h3-19,21,30-31,34H,2,20H2,1H3,(H,37,42). The van der Waals surface area contributed by atoms with E-state index < -0.39 is 34.1 Å². The van der Waals surface area contributed by atoms with E-state index in [0.717, 1.165) is 17.5 Å². The highest BCUT2D eigenvalue weighted by molar-refractivity contribution is 6.16. The van der Waals surface area contributed by atoms with Gasteiger partial charge in [0.2, 0.25) is 5.91 Å². The molecule has 0 aromatic heterocycles. The molecule has 0 saturated carbocycles. The summed E-state index contributed by atoms with van der Waals surface area (Å²) in [5.41, 5.74) is 1.58. The van der Waals surface area contributed by atoms with E-state index in [1.807, 2.05) is 60.4 Å². The zero-order valence-corrected chi connectivity index (χ0v) is 24.4. The van der Waals surface area contributed by atoms with Crippen molar-refractivity contribution < 1.29 is 24.0 Å². The van der Waals surface area contributed by atoms with Gasteiger partial charge in [0.15, 0.2) is 11.6 Å². The number of Topliss-reactive ketones (excluding diaryl/α,β-unsaturated/α-hetero) is 2. The zero-order valence-electron chi connectivity index (χ0n) is 24.4. The van der Waals surface area contributed by atoms with Crippen LogP contribution in [0.3, 0.4) is 0 Å². The van der Waals surface area contributed by atoms with E-state index in [0.29, 0.717) is 29.2 Å². The third kappa shape index (κ3) is 4.26. The molecular weight excluding hydrogens is 570 g/mol. The van der Waals surface area contributed by atoms with Crippen LogP contribution in [0.4, 0.5) is 11.4 Å². The van der Waals surface area contributed by atoms with Crippen LogP contribution in [0.1, 0.15) is 56.8 Å². The molecule has 4 aromatic rings.